The van der Waals surface area contributed by atoms with Crippen LogP contribution in [0.1, 0.15) is 22.8 Å². The van der Waals surface area contributed by atoms with E-state index in [-0.39, 0.29) is 0 Å². The van der Waals surface area contributed by atoms with E-state index in [1.165, 1.54) is 6.92 Å². The minimum atomic E-state index is -1.04. The number of anilines is 1. The van der Waals surface area contributed by atoms with Crippen molar-refractivity contribution < 1.29 is 14.3 Å². The smallest absolute Gasteiger partial charge is 0.338 e. The fourth-order valence-corrected chi connectivity index (χ4v) is 2.59. The lowest BCUT2D eigenvalue weighted by Crippen LogP contribution is -2.30. The number of ether oxygens (including phenoxy) is 1. The summed E-state index contributed by atoms with van der Waals surface area (Å²) in [5, 5.41) is 12.8. The summed E-state index contributed by atoms with van der Waals surface area (Å²) in [6, 6.07) is 16.8. The first kappa shape index (κ1) is 18.4. The molecule has 7 heteroatoms. The number of carbonyl (C=O) groups is 2. The second-order valence-corrected chi connectivity index (χ2v) is 6.12. The van der Waals surface area contributed by atoms with Crippen LogP contribution in [0.5, 0.6) is 0 Å². The predicted molar refractivity (Wildman–Crippen MR) is 101 cm³/mol. The quantitative estimate of drug-likeness (QED) is 0.547. The van der Waals surface area contributed by atoms with Gasteiger partial charge in [0.25, 0.3) is 5.91 Å². The SMILES string of the molecule is CC(OC(=O)c1ccc2nc(Cl)ccc2c1)C(=O)Nc1ccccc1C#N. The number of pyridine rings is 1. The lowest BCUT2D eigenvalue weighted by Gasteiger charge is -2.14. The molecule has 2 aromatic carbocycles. The molecule has 0 spiro atoms. The largest absolute Gasteiger partial charge is 0.449 e. The number of halogens is 1. The summed E-state index contributed by atoms with van der Waals surface area (Å²) in [6.07, 6.45) is -1.04. The molecule has 1 amide bonds. The maximum atomic E-state index is 12.3. The summed E-state index contributed by atoms with van der Waals surface area (Å²) in [5.41, 5.74) is 1.63. The Hall–Kier alpha value is -3.43. The van der Waals surface area contributed by atoms with Crippen molar-refractivity contribution in [1.82, 2.24) is 4.98 Å². The first-order chi connectivity index (χ1) is 13.0. The van der Waals surface area contributed by atoms with Gasteiger partial charge < -0.3 is 10.1 Å². The molecule has 1 aromatic heterocycles. The van der Waals surface area contributed by atoms with Gasteiger partial charge in [-0.1, -0.05) is 23.7 Å². The molecule has 0 fully saturated rings. The van der Waals surface area contributed by atoms with Crippen molar-refractivity contribution in [1.29, 1.82) is 5.26 Å². The number of hydrogen-bond acceptors (Lipinski definition) is 5. The summed E-state index contributed by atoms with van der Waals surface area (Å²) in [7, 11) is 0. The van der Waals surface area contributed by atoms with Crippen LogP contribution in [0.3, 0.4) is 0 Å². The average molecular weight is 380 g/mol. The van der Waals surface area contributed by atoms with Gasteiger partial charge in [0.05, 0.1) is 22.3 Å². The number of hydrogen-bond donors (Lipinski definition) is 1. The fourth-order valence-electron chi connectivity index (χ4n) is 2.43. The molecule has 6 nitrogen and oxygen atoms in total. The van der Waals surface area contributed by atoms with Crippen LogP contribution >= 0.6 is 11.6 Å². The molecular formula is C20H14ClN3O3. The number of carbonyl (C=O) groups excluding carboxylic acids is 2. The van der Waals surface area contributed by atoms with E-state index in [1.54, 1.807) is 54.6 Å². The second kappa shape index (κ2) is 7.85. The molecular weight excluding hydrogens is 366 g/mol. The van der Waals surface area contributed by atoms with Gasteiger partial charge >= 0.3 is 5.97 Å². The van der Waals surface area contributed by atoms with E-state index in [9.17, 15) is 9.59 Å². The van der Waals surface area contributed by atoms with Gasteiger partial charge in [-0.25, -0.2) is 9.78 Å². The third kappa shape index (κ3) is 4.22. The van der Waals surface area contributed by atoms with E-state index < -0.39 is 18.0 Å². The van der Waals surface area contributed by atoms with Crippen molar-refractivity contribution in [2.75, 3.05) is 5.32 Å². The fraction of sp³-hybridized carbons (Fsp3) is 0.100. The molecule has 0 aliphatic heterocycles. The molecule has 1 heterocycles. The predicted octanol–water partition coefficient (Wildman–Crippen LogP) is 3.94. The van der Waals surface area contributed by atoms with Crippen LogP contribution in [-0.2, 0) is 9.53 Å². The Labute approximate surface area is 160 Å². The third-order valence-electron chi connectivity index (χ3n) is 3.85. The number of amides is 1. The third-order valence-corrected chi connectivity index (χ3v) is 4.06. The molecule has 0 aliphatic carbocycles. The number of nitrogens with one attached hydrogen (secondary N) is 1. The van der Waals surface area contributed by atoms with Gasteiger partial charge in [0.2, 0.25) is 0 Å². The normalized spacial score (nSPS) is 11.4. The molecule has 1 N–H and O–H groups in total. The first-order valence-corrected chi connectivity index (χ1v) is 8.43. The van der Waals surface area contributed by atoms with Gasteiger partial charge in [0.15, 0.2) is 6.10 Å². The topological polar surface area (TPSA) is 92.1 Å². The zero-order chi connectivity index (χ0) is 19.4. The summed E-state index contributed by atoms with van der Waals surface area (Å²) < 4.78 is 5.24. The highest BCUT2D eigenvalue weighted by molar-refractivity contribution is 6.29. The maximum absolute atomic E-state index is 12.3. The van der Waals surface area contributed by atoms with Crippen LogP contribution in [0.15, 0.2) is 54.6 Å². The molecule has 134 valence electrons. The first-order valence-electron chi connectivity index (χ1n) is 8.05. The Morgan fingerprint density at radius 3 is 2.74 bits per heavy atom. The molecule has 3 aromatic rings. The lowest BCUT2D eigenvalue weighted by molar-refractivity contribution is -0.123. The Kier molecular flexibility index (Phi) is 5.34. The number of rotatable bonds is 4. The van der Waals surface area contributed by atoms with Gasteiger partial charge in [0, 0.05) is 5.39 Å². The Balaban J connectivity index is 1.70. The van der Waals surface area contributed by atoms with Crippen molar-refractivity contribution in [3.63, 3.8) is 0 Å². The minimum absolute atomic E-state index is 0.295. The molecule has 0 radical (unpaired) electrons. The van der Waals surface area contributed by atoms with E-state index in [0.29, 0.717) is 27.5 Å². The van der Waals surface area contributed by atoms with Gasteiger partial charge in [-0.15, -0.1) is 0 Å². The van der Waals surface area contributed by atoms with Crippen LogP contribution in [0.25, 0.3) is 10.9 Å². The Morgan fingerprint density at radius 1 is 1.19 bits per heavy atom. The van der Waals surface area contributed by atoms with E-state index in [4.69, 9.17) is 21.6 Å². The summed E-state index contributed by atoms with van der Waals surface area (Å²) in [4.78, 5) is 28.8. The van der Waals surface area contributed by atoms with Crippen molar-refractivity contribution in [2.24, 2.45) is 0 Å². The standard InChI is InChI=1S/C20H14ClN3O3/c1-12(19(25)24-16-5-3-2-4-15(16)11-22)27-20(26)14-6-8-17-13(10-14)7-9-18(21)23-17/h2-10,12H,1H3,(H,24,25). The monoisotopic (exact) mass is 379 g/mol. The van der Waals surface area contributed by atoms with Crippen LogP contribution in [-0.4, -0.2) is 23.0 Å². The molecule has 1 atom stereocenters. The van der Waals surface area contributed by atoms with E-state index in [2.05, 4.69) is 10.3 Å². The van der Waals surface area contributed by atoms with Crippen LogP contribution in [0.4, 0.5) is 5.69 Å². The Morgan fingerprint density at radius 2 is 1.96 bits per heavy atom. The molecule has 0 bridgehead atoms. The highest BCUT2D eigenvalue weighted by Crippen LogP contribution is 2.18. The molecule has 0 aliphatic rings. The zero-order valence-electron chi connectivity index (χ0n) is 14.3. The number of para-hydroxylation sites is 1. The van der Waals surface area contributed by atoms with Gasteiger partial charge in [-0.05, 0) is 49.4 Å². The number of fused-ring (bicyclic) bond motifs is 1. The Bertz CT molecular complexity index is 1080. The van der Waals surface area contributed by atoms with Gasteiger partial charge in [0.1, 0.15) is 11.2 Å². The number of benzene rings is 2. The maximum Gasteiger partial charge on any atom is 0.338 e. The number of aromatic nitrogens is 1. The van der Waals surface area contributed by atoms with Crippen LogP contribution in [0, 0.1) is 11.3 Å². The summed E-state index contributed by atoms with van der Waals surface area (Å²) >= 11 is 5.85. The van der Waals surface area contributed by atoms with E-state index in [0.717, 1.165) is 5.39 Å². The molecule has 3 rings (SSSR count). The van der Waals surface area contributed by atoms with E-state index >= 15 is 0 Å². The number of nitriles is 1. The summed E-state index contributed by atoms with van der Waals surface area (Å²) in [6.45, 7) is 1.46. The van der Waals surface area contributed by atoms with Crippen LogP contribution in [0.2, 0.25) is 5.15 Å². The van der Waals surface area contributed by atoms with Crippen molar-refractivity contribution >= 4 is 40.1 Å². The van der Waals surface area contributed by atoms with Crippen molar-refractivity contribution in [3.05, 3.63) is 70.9 Å². The second-order valence-electron chi connectivity index (χ2n) is 5.74. The number of nitrogens with zero attached hydrogens (tertiary/aromatic N) is 2. The highest BCUT2D eigenvalue weighted by atomic mass is 35.5. The molecule has 0 saturated heterocycles. The van der Waals surface area contributed by atoms with Crippen molar-refractivity contribution in [3.8, 4) is 6.07 Å². The van der Waals surface area contributed by atoms with Gasteiger partial charge in [-0.2, -0.15) is 5.26 Å². The lowest BCUT2D eigenvalue weighted by atomic mass is 10.1. The molecule has 0 saturated carbocycles. The zero-order valence-corrected chi connectivity index (χ0v) is 15.0. The van der Waals surface area contributed by atoms with Crippen molar-refractivity contribution in [2.45, 2.75) is 13.0 Å². The number of esters is 1. The molecule has 27 heavy (non-hydrogen) atoms. The van der Waals surface area contributed by atoms with E-state index in [1.807, 2.05) is 6.07 Å². The highest BCUT2D eigenvalue weighted by Gasteiger charge is 2.20. The van der Waals surface area contributed by atoms with Crippen LogP contribution < -0.4 is 5.32 Å². The summed E-state index contributed by atoms with van der Waals surface area (Å²) in [5.74, 6) is -1.16. The van der Waals surface area contributed by atoms with Gasteiger partial charge in [-0.3, -0.25) is 4.79 Å². The average Bonchev–Trinajstić information content (AvgIpc) is 2.67. The molecule has 1 unspecified atom stereocenters. The minimum Gasteiger partial charge on any atom is -0.449 e.